The number of ether oxygens (including phenoxy) is 6. The lowest BCUT2D eigenvalue weighted by atomic mass is 9.66. The van der Waals surface area contributed by atoms with E-state index < -0.39 is 67.0 Å². The molecule has 2 N–H and O–H groups in total. The summed E-state index contributed by atoms with van der Waals surface area (Å²) in [5.74, 6) is -1.92. The molecule has 0 radical (unpaired) electrons. The Morgan fingerprint density at radius 1 is 1.06 bits per heavy atom. The molecule has 9 atom stereocenters. The summed E-state index contributed by atoms with van der Waals surface area (Å²) in [7, 11) is 0.689. The zero-order valence-electron chi connectivity index (χ0n) is 32.3. The van der Waals surface area contributed by atoms with Gasteiger partial charge in [-0.15, -0.1) is 0 Å². The largest absolute Gasteiger partial charge is 0.497 e. The van der Waals surface area contributed by atoms with Gasteiger partial charge in [0.2, 0.25) is 0 Å². The van der Waals surface area contributed by atoms with Gasteiger partial charge in [0.1, 0.15) is 30.4 Å². The van der Waals surface area contributed by atoms with Crippen molar-refractivity contribution in [1.82, 2.24) is 0 Å². The fraction of sp³-hybridized carbons (Fsp3) is 0.816. The number of carbonyl (C=O) groups is 1. The lowest BCUT2D eigenvalue weighted by Crippen LogP contribution is -2.62. The first-order valence-electron chi connectivity index (χ1n) is 17.9. The van der Waals surface area contributed by atoms with Gasteiger partial charge in [-0.3, -0.25) is 4.79 Å². The molecule has 11 heteroatoms. The van der Waals surface area contributed by atoms with Crippen LogP contribution in [-0.2, 0) is 39.5 Å². The molecule has 0 spiro atoms. The number of hydrogen-bond acceptors (Lipinski definition) is 10. The van der Waals surface area contributed by atoms with Crippen LogP contribution in [0.2, 0.25) is 18.1 Å². The minimum absolute atomic E-state index is 0.0538. The number of carbonyl (C=O) groups excluding carboxylic acids is 1. The minimum atomic E-state index is -2.47. The number of Topliss-reactive ketones (excluding diaryl/α,β-unsaturated/α-hetero) is 1. The Hall–Kier alpha value is -1.41. The van der Waals surface area contributed by atoms with Gasteiger partial charge < -0.3 is 43.1 Å². The van der Waals surface area contributed by atoms with Crippen molar-refractivity contribution in [2.24, 2.45) is 23.2 Å². The van der Waals surface area contributed by atoms with Crippen molar-refractivity contribution in [3.05, 3.63) is 29.8 Å². The summed E-state index contributed by atoms with van der Waals surface area (Å²) in [5.41, 5.74) is -2.43. The van der Waals surface area contributed by atoms with Crippen molar-refractivity contribution in [2.75, 3.05) is 27.6 Å². The Balaban J connectivity index is 1.90. The molecule has 1 aliphatic heterocycles. The van der Waals surface area contributed by atoms with E-state index in [0.717, 1.165) is 11.3 Å². The molecule has 3 fully saturated rings. The lowest BCUT2D eigenvalue weighted by Gasteiger charge is -2.52. The summed E-state index contributed by atoms with van der Waals surface area (Å²) >= 11 is 0. The van der Waals surface area contributed by atoms with Gasteiger partial charge in [-0.2, -0.15) is 0 Å². The average molecular weight is 709 g/mol. The fourth-order valence-corrected chi connectivity index (χ4v) is 9.70. The molecule has 1 saturated heterocycles. The standard InChI is InChI=1S/C38H64O10Si/c1-24-29(37(22-46-36(8,9)48-37)33(25(2)39)44-21-26-14-16-27(43-11)17-15-26)20-30(47-49(12,13)34(3,4)5)38(41)19-18-28(35(38,6)7)32(31(24)40)45-23-42-10/h14-17,24-25,28-30,32-33,39,41H,18-23H2,1-13H3/t24-,25+,28+,29-,30-,32+,33-,37+,38-/m0/s1. The number of rotatable bonds is 12. The zero-order valence-corrected chi connectivity index (χ0v) is 33.3. The van der Waals surface area contributed by atoms with Crippen LogP contribution in [0.1, 0.15) is 87.1 Å². The quantitative estimate of drug-likeness (QED) is 0.190. The Morgan fingerprint density at radius 2 is 1.69 bits per heavy atom. The maximum atomic E-state index is 14.9. The first kappa shape index (κ1) is 40.4. The van der Waals surface area contributed by atoms with Crippen LogP contribution in [-0.4, -0.2) is 93.3 Å². The Bertz CT molecular complexity index is 1270. The molecule has 10 nitrogen and oxygen atoms in total. The summed E-state index contributed by atoms with van der Waals surface area (Å²) in [6.45, 7) is 22.5. The van der Waals surface area contributed by atoms with Gasteiger partial charge in [-0.1, -0.05) is 53.7 Å². The summed E-state index contributed by atoms with van der Waals surface area (Å²) in [5, 5.41) is 24.4. The van der Waals surface area contributed by atoms with E-state index in [2.05, 4.69) is 33.9 Å². The molecule has 2 bridgehead atoms. The zero-order chi connectivity index (χ0) is 36.8. The Kier molecular flexibility index (Phi) is 12.0. The molecule has 1 aromatic rings. The van der Waals surface area contributed by atoms with Crippen molar-refractivity contribution in [3.8, 4) is 5.75 Å². The highest BCUT2D eigenvalue weighted by atomic mass is 28.4. The number of ketones is 1. The van der Waals surface area contributed by atoms with Crippen LogP contribution in [0.25, 0.3) is 0 Å². The molecule has 2 saturated carbocycles. The normalized spacial score (nSPS) is 34.6. The van der Waals surface area contributed by atoms with Gasteiger partial charge in [-0.05, 0) is 75.9 Å². The highest BCUT2D eigenvalue weighted by molar-refractivity contribution is 6.74. The second-order valence-electron chi connectivity index (χ2n) is 17.3. The average Bonchev–Trinajstić information content (AvgIpc) is 3.46. The van der Waals surface area contributed by atoms with Crippen molar-refractivity contribution >= 4 is 14.1 Å². The number of benzene rings is 1. The summed E-state index contributed by atoms with van der Waals surface area (Å²) in [6.07, 6.45) is -2.02. The van der Waals surface area contributed by atoms with E-state index in [-0.39, 0.29) is 43.2 Å². The molecule has 3 aliphatic rings. The third-order valence-corrected chi connectivity index (χ3v) is 16.9. The van der Waals surface area contributed by atoms with Crippen LogP contribution in [0.5, 0.6) is 5.75 Å². The summed E-state index contributed by atoms with van der Waals surface area (Å²) < 4.78 is 44.1. The maximum absolute atomic E-state index is 14.9. The predicted octanol–water partition coefficient (Wildman–Crippen LogP) is 6.25. The smallest absolute Gasteiger partial charge is 0.192 e. The number of aliphatic hydroxyl groups is 2. The monoisotopic (exact) mass is 708 g/mol. The number of aliphatic hydroxyl groups excluding tert-OH is 1. The van der Waals surface area contributed by atoms with E-state index in [4.69, 9.17) is 32.8 Å². The molecular weight excluding hydrogens is 644 g/mol. The Morgan fingerprint density at radius 3 is 2.20 bits per heavy atom. The summed E-state index contributed by atoms with van der Waals surface area (Å²) in [6, 6.07) is 7.57. The molecule has 0 aromatic heterocycles. The van der Waals surface area contributed by atoms with Crippen LogP contribution in [0.3, 0.4) is 0 Å². The van der Waals surface area contributed by atoms with Crippen molar-refractivity contribution in [1.29, 1.82) is 0 Å². The number of methoxy groups -OCH3 is 2. The molecule has 280 valence electrons. The lowest BCUT2D eigenvalue weighted by molar-refractivity contribution is -0.238. The fourth-order valence-electron chi connectivity index (χ4n) is 8.34. The van der Waals surface area contributed by atoms with E-state index in [0.29, 0.717) is 12.8 Å². The highest BCUT2D eigenvalue weighted by Crippen LogP contribution is 2.59. The predicted molar refractivity (Wildman–Crippen MR) is 190 cm³/mol. The number of hydrogen-bond donors (Lipinski definition) is 2. The molecule has 4 rings (SSSR count). The molecule has 1 heterocycles. The molecule has 1 aromatic carbocycles. The number of fused-ring (bicyclic) bond motifs is 2. The van der Waals surface area contributed by atoms with E-state index in [9.17, 15) is 15.0 Å². The summed E-state index contributed by atoms with van der Waals surface area (Å²) in [4.78, 5) is 14.9. The van der Waals surface area contributed by atoms with E-state index in [1.807, 2.05) is 58.9 Å². The second-order valence-corrected chi connectivity index (χ2v) is 22.0. The topological polar surface area (TPSA) is 122 Å². The van der Waals surface area contributed by atoms with Crippen molar-refractivity contribution < 1.29 is 47.9 Å². The maximum Gasteiger partial charge on any atom is 0.192 e. The molecular formula is C38H64O10Si. The van der Waals surface area contributed by atoms with Crippen LogP contribution in [0.15, 0.2) is 24.3 Å². The highest BCUT2D eigenvalue weighted by Gasteiger charge is 2.67. The van der Waals surface area contributed by atoms with E-state index in [1.54, 1.807) is 21.1 Å². The van der Waals surface area contributed by atoms with Gasteiger partial charge in [-0.25, -0.2) is 0 Å². The third kappa shape index (κ3) is 7.71. The van der Waals surface area contributed by atoms with Gasteiger partial charge in [0.05, 0.1) is 38.1 Å². The van der Waals surface area contributed by atoms with Crippen LogP contribution in [0, 0.1) is 23.2 Å². The van der Waals surface area contributed by atoms with Gasteiger partial charge in [0, 0.05) is 30.3 Å². The van der Waals surface area contributed by atoms with E-state index >= 15 is 0 Å². The Labute approximate surface area is 295 Å². The van der Waals surface area contributed by atoms with Crippen molar-refractivity contribution in [2.45, 2.75) is 148 Å². The molecule has 2 aliphatic carbocycles. The first-order valence-corrected chi connectivity index (χ1v) is 20.8. The molecule has 49 heavy (non-hydrogen) atoms. The van der Waals surface area contributed by atoms with Crippen molar-refractivity contribution in [3.63, 3.8) is 0 Å². The first-order chi connectivity index (χ1) is 22.6. The van der Waals surface area contributed by atoms with Crippen LogP contribution in [0.4, 0.5) is 0 Å². The van der Waals surface area contributed by atoms with Gasteiger partial charge in [0.15, 0.2) is 19.9 Å². The van der Waals surface area contributed by atoms with Gasteiger partial charge in [0.25, 0.3) is 0 Å². The SMILES string of the molecule is COCO[C@H]1C(=O)[C@@H](C)[C@@H]([C@@]2([C@@H](OCc3ccc(OC)cc3)[C@@H](C)O)COC(C)(C)O2)C[C@H](O[Si](C)(C)C(C)(C)C)[C@@]2(O)CC[C@H]1C2(C)C. The van der Waals surface area contributed by atoms with E-state index in [1.165, 1.54) is 0 Å². The second kappa shape index (κ2) is 14.5. The van der Waals surface area contributed by atoms with Crippen LogP contribution >= 0.6 is 0 Å². The third-order valence-electron chi connectivity index (χ3n) is 12.4. The van der Waals surface area contributed by atoms with Gasteiger partial charge >= 0.3 is 0 Å². The molecule has 0 amide bonds. The minimum Gasteiger partial charge on any atom is -0.497 e. The molecule has 0 unspecified atom stereocenters. The van der Waals surface area contributed by atoms with Crippen LogP contribution < -0.4 is 4.74 Å².